The molecule has 104 valence electrons. The summed E-state index contributed by atoms with van der Waals surface area (Å²) in [4.78, 5) is 0. The molecule has 1 aliphatic heterocycles. The highest BCUT2D eigenvalue weighted by molar-refractivity contribution is 5.28. The van der Waals surface area contributed by atoms with Crippen molar-refractivity contribution in [2.45, 2.75) is 51.9 Å². The lowest BCUT2D eigenvalue weighted by Gasteiger charge is -2.48. The molecule has 1 aliphatic carbocycles. The van der Waals surface area contributed by atoms with Gasteiger partial charge < -0.3 is 5.32 Å². The highest BCUT2D eigenvalue weighted by Crippen LogP contribution is 2.52. The van der Waals surface area contributed by atoms with E-state index >= 15 is 0 Å². The van der Waals surface area contributed by atoms with Crippen LogP contribution in [0.4, 0.5) is 0 Å². The summed E-state index contributed by atoms with van der Waals surface area (Å²) in [5.41, 5.74) is 3.56. The number of hydrogen-bond acceptors (Lipinski definition) is 1. The smallest absolute Gasteiger partial charge is 0.00255 e. The predicted molar refractivity (Wildman–Crippen MR) is 81.5 cm³/mol. The molecule has 2 aliphatic rings. The molecule has 1 saturated heterocycles. The summed E-state index contributed by atoms with van der Waals surface area (Å²) < 4.78 is 0. The molecule has 0 aromatic heterocycles. The number of piperidine rings is 1. The van der Waals surface area contributed by atoms with Gasteiger partial charge in [0.15, 0.2) is 0 Å². The SMILES string of the molecule is Cc1cccc(C2CNCCC23CCC(C)CC3)c1. The second kappa shape index (κ2) is 5.28. The molecule has 1 heteroatoms. The minimum absolute atomic E-state index is 0.589. The average molecular weight is 257 g/mol. The van der Waals surface area contributed by atoms with Gasteiger partial charge in [0.05, 0.1) is 0 Å². The molecule has 1 heterocycles. The van der Waals surface area contributed by atoms with Gasteiger partial charge in [-0.05, 0) is 49.6 Å². The second-order valence-electron chi connectivity index (χ2n) is 6.97. The number of benzene rings is 1. The predicted octanol–water partition coefficient (Wildman–Crippen LogP) is 4.27. The standard InChI is InChI=1S/C18H27N/c1-14-6-8-18(9-7-14)10-11-19-13-17(18)16-5-3-4-15(2)12-16/h3-5,12,14,17,19H,6-11,13H2,1-2H3. The summed E-state index contributed by atoms with van der Waals surface area (Å²) in [6, 6.07) is 9.22. The first-order valence-electron chi connectivity index (χ1n) is 7.97. The van der Waals surface area contributed by atoms with Crippen LogP contribution in [-0.4, -0.2) is 13.1 Å². The van der Waals surface area contributed by atoms with E-state index in [2.05, 4.69) is 43.4 Å². The molecule has 1 spiro atoms. The van der Waals surface area contributed by atoms with Crippen molar-refractivity contribution in [1.82, 2.24) is 5.32 Å². The van der Waals surface area contributed by atoms with Gasteiger partial charge in [0, 0.05) is 12.5 Å². The summed E-state index contributed by atoms with van der Waals surface area (Å²) >= 11 is 0. The zero-order valence-electron chi connectivity index (χ0n) is 12.4. The number of rotatable bonds is 1. The van der Waals surface area contributed by atoms with E-state index in [9.17, 15) is 0 Å². The molecule has 0 amide bonds. The van der Waals surface area contributed by atoms with Gasteiger partial charge in [-0.2, -0.15) is 0 Å². The fourth-order valence-electron chi connectivity index (χ4n) is 4.27. The van der Waals surface area contributed by atoms with Crippen LogP contribution in [0, 0.1) is 18.3 Å². The largest absolute Gasteiger partial charge is 0.316 e. The summed E-state index contributed by atoms with van der Waals surface area (Å²) in [7, 11) is 0. The lowest BCUT2D eigenvalue weighted by atomic mass is 9.59. The van der Waals surface area contributed by atoms with Gasteiger partial charge >= 0.3 is 0 Å². The van der Waals surface area contributed by atoms with Gasteiger partial charge in [-0.15, -0.1) is 0 Å². The van der Waals surface area contributed by atoms with Crippen molar-refractivity contribution in [2.75, 3.05) is 13.1 Å². The van der Waals surface area contributed by atoms with Crippen LogP contribution in [0.5, 0.6) is 0 Å². The van der Waals surface area contributed by atoms with Gasteiger partial charge in [0.2, 0.25) is 0 Å². The third-order valence-corrected chi connectivity index (χ3v) is 5.60. The first-order valence-corrected chi connectivity index (χ1v) is 7.97. The number of nitrogens with one attached hydrogen (secondary N) is 1. The monoisotopic (exact) mass is 257 g/mol. The fraction of sp³-hybridized carbons (Fsp3) is 0.667. The molecule has 1 unspecified atom stereocenters. The van der Waals surface area contributed by atoms with Crippen molar-refractivity contribution in [2.24, 2.45) is 11.3 Å². The molecule has 1 saturated carbocycles. The van der Waals surface area contributed by atoms with Crippen molar-refractivity contribution < 1.29 is 0 Å². The van der Waals surface area contributed by atoms with Crippen molar-refractivity contribution >= 4 is 0 Å². The van der Waals surface area contributed by atoms with E-state index < -0.39 is 0 Å². The molecule has 0 radical (unpaired) electrons. The van der Waals surface area contributed by atoms with E-state index in [1.54, 1.807) is 5.56 Å². The average Bonchev–Trinajstić information content (AvgIpc) is 2.43. The van der Waals surface area contributed by atoms with Crippen molar-refractivity contribution in [3.63, 3.8) is 0 Å². The molecule has 3 rings (SSSR count). The Hall–Kier alpha value is -0.820. The summed E-state index contributed by atoms with van der Waals surface area (Å²) in [6.07, 6.45) is 7.12. The zero-order valence-corrected chi connectivity index (χ0v) is 12.4. The van der Waals surface area contributed by atoms with E-state index in [1.807, 2.05) is 0 Å². The van der Waals surface area contributed by atoms with Crippen LogP contribution in [0.2, 0.25) is 0 Å². The maximum Gasteiger partial charge on any atom is 0.00255 e. The van der Waals surface area contributed by atoms with Crippen LogP contribution in [0.25, 0.3) is 0 Å². The topological polar surface area (TPSA) is 12.0 Å². The lowest BCUT2D eigenvalue weighted by Crippen LogP contribution is -2.45. The first kappa shape index (κ1) is 13.2. The molecule has 1 aromatic carbocycles. The lowest BCUT2D eigenvalue weighted by molar-refractivity contribution is 0.0834. The van der Waals surface area contributed by atoms with Crippen LogP contribution in [-0.2, 0) is 0 Å². The van der Waals surface area contributed by atoms with E-state index in [1.165, 1.54) is 50.8 Å². The summed E-state index contributed by atoms with van der Waals surface area (Å²) in [5.74, 6) is 1.67. The van der Waals surface area contributed by atoms with Crippen molar-refractivity contribution in [1.29, 1.82) is 0 Å². The molecule has 0 bridgehead atoms. The Morgan fingerprint density at radius 3 is 2.68 bits per heavy atom. The van der Waals surface area contributed by atoms with Gasteiger partial charge in [0.1, 0.15) is 0 Å². The second-order valence-corrected chi connectivity index (χ2v) is 6.97. The molecular formula is C18H27N. The summed E-state index contributed by atoms with van der Waals surface area (Å²) in [6.45, 7) is 7.04. The molecule has 19 heavy (non-hydrogen) atoms. The van der Waals surface area contributed by atoms with Crippen molar-refractivity contribution in [3.8, 4) is 0 Å². The number of aryl methyl sites for hydroxylation is 1. The first-order chi connectivity index (χ1) is 9.20. The Bertz CT molecular complexity index is 429. The third kappa shape index (κ3) is 2.58. The minimum atomic E-state index is 0.589. The molecule has 1 nitrogen and oxygen atoms in total. The van der Waals surface area contributed by atoms with Crippen LogP contribution in [0.3, 0.4) is 0 Å². The fourth-order valence-corrected chi connectivity index (χ4v) is 4.27. The van der Waals surface area contributed by atoms with Crippen LogP contribution >= 0.6 is 0 Å². The minimum Gasteiger partial charge on any atom is -0.316 e. The van der Waals surface area contributed by atoms with Gasteiger partial charge in [-0.25, -0.2) is 0 Å². The van der Waals surface area contributed by atoms with Gasteiger partial charge in [0.25, 0.3) is 0 Å². The zero-order chi connectivity index (χ0) is 13.3. The van der Waals surface area contributed by atoms with Crippen LogP contribution in [0.1, 0.15) is 56.1 Å². The van der Waals surface area contributed by atoms with E-state index in [4.69, 9.17) is 0 Å². The Kier molecular flexibility index (Phi) is 3.66. The quantitative estimate of drug-likeness (QED) is 0.792. The normalized spacial score (nSPS) is 35.5. The highest BCUT2D eigenvalue weighted by Gasteiger charge is 2.43. The number of hydrogen-bond donors (Lipinski definition) is 1. The third-order valence-electron chi connectivity index (χ3n) is 5.60. The Morgan fingerprint density at radius 2 is 1.95 bits per heavy atom. The van der Waals surface area contributed by atoms with E-state index in [0.29, 0.717) is 5.41 Å². The highest BCUT2D eigenvalue weighted by atomic mass is 14.9. The molecular weight excluding hydrogens is 230 g/mol. The van der Waals surface area contributed by atoms with Crippen molar-refractivity contribution in [3.05, 3.63) is 35.4 Å². The Morgan fingerprint density at radius 1 is 1.16 bits per heavy atom. The maximum atomic E-state index is 3.64. The van der Waals surface area contributed by atoms with Gasteiger partial charge in [-0.1, -0.05) is 49.6 Å². The molecule has 1 N–H and O–H groups in total. The Labute approximate surface area is 117 Å². The summed E-state index contributed by atoms with van der Waals surface area (Å²) in [5, 5.41) is 3.64. The Balaban J connectivity index is 1.89. The molecule has 2 fully saturated rings. The molecule has 1 atom stereocenters. The molecule has 1 aromatic rings. The van der Waals surface area contributed by atoms with E-state index in [0.717, 1.165) is 11.8 Å². The van der Waals surface area contributed by atoms with E-state index in [-0.39, 0.29) is 0 Å². The van der Waals surface area contributed by atoms with Crippen LogP contribution < -0.4 is 5.32 Å². The van der Waals surface area contributed by atoms with Crippen LogP contribution in [0.15, 0.2) is 24.3 Å². The maximum absolute atomic E-state index is 3.64. The van der Waals surface area contributed by atoms with Gasteiger partial charge in [-0.3, -0.25) is 0 Å².